The number of ether oxygens (including phenoxy) is 2. The van der Waals surface area contributed by atoms with Crippen molar-refractivity contribution >= 4 is 17.3 Å². The smallest absolute Gasteiger partial charge is 0.358 e. The van der Waals surface area contributed by atoms with Crippen molar-refractivity contribution in [2.75, 3.05) is 7.11 Å². The minimum atomic E-state index is -0.556. The fourth-order valence-corrected chi connectivity index (χ4v) is 2.95. The molecule has 0 aliphatic carbocycles. The first-order chi connectivity index (χ1) is 11.7. The van der Waals surface area contributed by atoms with Crippen LogP contribution in [0.1, 0.15) is 16.1 Å². The van der Waals surface area contributed by atoms with Gasteiger partial charge in [-0.3, -0.25) is 0 Å². The molecule has 4 nitrogen and oxygen atoms in total. The van der Waals surface area contributed by atoms with Gasteiger partial charge < -0.3 is 9.47 Å². The molecule has 0 saturated heterocycles. The molecular formula is C18H14FNO3S. The van der Waals surface area contributed by atoms with Gasteiger partial charge in [0.05, 0.1) is 7.11 Å². The van der Waals surface area contributed by atoms with Crippen LogP contribution in [0.2, 0.25) is 0 Å². The van der Waals surface area contributed by atoms with Crippen LogP contribution in [0.15, 0.2) is 53.9 Å². The number of hydrogen-bond donors (Lipinski definition) is 0. The molecule has 0 unspecified atom stereocenters. The maximum atomic E-state index is 13.3. The SMILES string of the molecule is COc1ccc(F)cc1COC(=O)c1csc(-c2ccccc2)n1. The van der Waals surface area contributed by atoms with Crippen LogP contribution < -0.4 is 4.74 Å². The van der Waals surface area contributed by atoms with Crippen LogP contribution in [0, 0.1) is 5.82 Å². The van der Waals surface area contributed by atoms with Crippen molar-refractivity contribution < 1.29 is 18.7 Å². The summed E-state index contributed by atoms with van der Waals surface area (Å²) >= 11 is 1.37. The van der Waals surface area contributed by atoms with Gasteiger partial charge in [0.2, 0.25) is 0 Å². The molecule has 0 N–H and O–H groups in total. The lowest BCUT2D eigenvalue weighted by Gasteiger charge is -2.08. The lowest BCUT2D eigenvalue weighted by molar-refractivity contribution is 0.0464. The number of carbonyl (C=O) groups excluding carboxylic acids is 1. The van der Waals surface area contributed by atoms with Gasteiger partial charge in [-0.15, -0.1) is 11.3 Å². The van der Waals surface area contributed by atoms with Gasteiger partial charge in [0.25, 0.3) is 0 Å². The molecule has 0 bridgehead atoms. The molecule has 0 spiro atoms. The highest BCUT2D eigenvalue weighted by Gasteiger charge is 2.14. The Morgan fingerprint density at radius 2 is 2.00 bits per heavy atom. The summed E-state index contributed by atoms with van der Waals surface area (Å²) in [6.45, 7) is -0.0854. The summed E-state index contributed by atoms with van der Waals surface area (Å²) in [5.41, 5.74) is 1.63. The van der Waals surface area contributed by atoms with Crippen molar-refractivity contribution in [3.05, 3.63) is 71.0 Å². The number of esters is 1. The largest absolute Gasteiger partial charge is 0.496 e. The van der Waals surface area contributed by atoms with Crippen molar-refractivity contribution in [2.45, 2.75) is 6.61 Å². The molecule has 1 heterocycles. The first-order valence-corrected chi connectivity index (χ1v) is 8.06. The zero-order valence-electron chi connectivity index (χ0n) is 12.9. The molecule has 0 atom stereocenters. The van der Waals surface area contributed by atoms with E-state index in [0.717, 1.165) is 10.6 Å². The predicted octanol–water partition coefficient (Wildman–Crippen LogP) is 4.31. The molecule has 2 aromatic carbocycles. The van der Waals surface area contributed by atoms with E-state index < -0.39 is 11.8 Å². The zero-order valence-corrected chi connectivity index (χ0v) is 13.7. The van der Waals surface area contributed by atoms with Gasteiger partial charge in [-0.05, 0) is 18.2 Å². The second-order valence-corrected chi connectivity index (χ2v) is 5.79. The number of carbonyl (C=O) groups is 1. The Labute approximate surface area is 142 Å². The summed E-state index contributed by atoms with van der Waals surface area (Å²) < 4.78 is 23.7. The number of halogens is 1. The first-order valence-electron chi connectivity index (χ1n) is 7.18. The number of aromatic nitrogens is 1. The van der Waals surface area contributed by atoms with E-state index in [1.807, 2.05) is 30.3 Å². The molecule has 0 fully saturated rings. The van der Waals surface area contributed by atoms with Crippen molar-refractivity contribution in [3.8, 4) is 16.3 Å². The van der Waals surface area contributed by atoms with E-state index in [1.54, 1.807) is 5.38 Å². The number of benzene rings is 2. The van der Waals surface area contributed by atoms with Crippen LogP contribution in [0.3, 0.4) is 0 Å². The third kappa shape index (κ3) is 3.60. The minimum absolute atomic E-state index is 0.0854. The molecule has 3 aromatic rings. The third-order valence-electron chi connectivity index (χ3n) is 3.34. The van der Waals surface area contributed by atoms with Crippen molar-refractivity contribution in [1.82, 2.24) is 4.98 Å². The summed E-state index contributed by atoms with van der Waals surface area (Å²) in [6.07, 6.45) is 0. The molecule has 1 aromatic heterocycles. The highest BCUT2D eigenvalue weighted by atomic mass is 32.1. The molecule has 0 aliphatic heterocycles. The number of nitrogens with zero attached hydrogens (tertiary/aromatic N) is 1. The van der Waals surface area contributed by atoms with Crippen LogP contribution >= 0.6 is 11.3 Å². The fraction of sp³-hybridized carbons (Fsp3) is 0.111. The first kappa shape index (κ1) is 16.1. The zero-order chi connectivity index (χ0) is 16.9. The Morgan fingerprint density at radius 1 is 1.21 bits per heavy atom. The van der Waals surface area contributed by atoms with E-state index in [9.17, 15) is 9.18 Å². The molecule has 3 rings (SSSR count). The quantitative estimate of drug-likeness (QED) is 0.648. The van der Waals surface area contributed by atoms with Crippen LogP contribution in [-0.2, 0) is 11.3 Å². The average molecular weight is 343 g/mol. The Balaban J connectivity index is 1.70. The standard InChI is InChI=1S/C18H14FNO3S/c1-22-16-8-7-14(19)9-13(16)10-23-18(21)15-11-24-17(20-15)12-5-3-2-4-6-12/h2-9,11H,10H2,1H3. The lowest BCUT2D eigenvalue weighted by Crippen LogP contribution is -2.06. The molecule has 122 valence electrons. The lowest BCUT2D eigenvalue weighted by atomic mass is 10.2. The average Bonchev–Trinajstić information content (AvgIpc) is 3.11. The summed E-state index contributed by atoms with van der Waals surface area (Å²) in [4.78, 5) is 16.4. The van der Waals surface area contributed by atoms with E-state index in [-0.39, 0.29) is 12.3 Å². The van der Waals surface area contributed by atoms with E-state index in [0.29, 0.717) is 11.3 Å². The highest BCUT2D eigenvalue weighted by molar-refractivity contribution is 7.13. The molecule has 6 heteroatoms. The van der Waals surface area contributed by atoms with Gasteiger partial charge in [0.1, 0.15) is 23.2 Å². The third-order valence-corrected chi connectivity index (χ3v) is 4.23. The van der Waals surface area contributed by atoms with Crippen molar-refractivity contribution in [1.29, 1.82) is 0 Å². The number of methoxy groups -OCH3 is 1. The van der Waals surface area contributed by atoms with Gasteiger partial charge in [0, 0.05) is 16.5 Å². The molecule has 24 heavy (non-hydrogen) atoms. The summed E-state index contributed by atoms with van der Waals surface area (Å²) in [7, 11) is 1.48. The molecule has 0 amide bonds. The van der Waals surface area contributed by atoms with Crippen LogP contribution in [0.25, 0.3) is 10.6 Å². The van der Waals surface area contributed by atoms with Crippen LogP contribution in [0.5, 0.6) is 5.75 Å². The van der Waals surface area contributed by atoms with E-state index >= 15 is 0 Å². The summed E-state index contributed by atoms with van der Waals surface area (Å²) in [6, 6.07) is 13.6. The fourth-order valence-electron chi connectivity index (χ4n) is 2.16. The van der Waals surface area contributed by atoms with E-state index in [4.69, 9.17) is 9.47 Å². The number of hydrogen-bond acceptors (Lipinski definition) is 5. The predicted molar refractivity (Wildman–Crippen MR) is 89.6 cm³/mol. The number of rotatable bonds is 5. The highest BCUT2D eigenvalue weighted by Crippen LogP contribution is 2.24. The Kier molecular flexibility index (Phi) is 4.86. The van der Waals surface area contributed by atoms with Gasteiger partial charge in [-0.25, -0.2) is 14.2 Å². The molecule has 0 radical (unpaired) electrons. The summed E-state index contributed by atoms with van der Waals surface area (Å²) in [5, 5.41) is 2.39. The minimum Gasteiger partial charge on any atom is -0.496 e. The van der Waals surface area contributed by atoms with Crippen LogP contribution in [0.4, 0.5) is 4.39 Å². The second-order valence-electron chi connectivity index (χ2n) is 4.94. The normalized spacial score (nSPS) is 10.4. The second kappa shape index (κ2) is 7.23. The van der Waals surface area contributed by atoms with E-state index in [2.05, 4.69) is 4.98 Å². The van der Waals surface area contributed by atoms with E-state index in [1.165, 1.54) is 36.6 Å². The van der Waals surface area contributed by atoms with Gasteiger partial charge in [-0.1, -0.05) is 30.3 Å². The maximum absolute atomic E-state index is 13.3. The Hall–Kier alpha value is -2.73. The maximum Gasteiger partial charge on any atom is 0.358 e. The molecule has 0 saturated carbocycles. The summed E-state index contributed by atoms with van der Waals surface area (Å²) in [5.74, 6) is -0.505. The van der Waals surface area contributed by atoms with Gasteiger partial charge >= 0.3 is 5.97 Å². The Morgan fingerprint density at radius 3 is 2.75 bits per heavy atom. The van der Waals surface area contributed by atoms with Crippen molar-refractivity contribution in [2.24, 2.45) is 0 Å². The van der Waals surface area contributed by atoms with Crippen LogP contribution in [-0.4, -0.2) is 18.1 Å². The number of thiazole rings is 1. The monoisotopic (exact) mass is 343 g/mol. The van der Waals surface area contributed by atoms with Gasteiger partial charge in [-0.2, -0.15) is 0 Å². The van der Waals surface area contributed by atoms with Gasteiger partial charge in [0.15, 0.2) is 5.69 Å². The van der Waals surface area contributed by atoms with Crippen molar-refractivity contribution in [3.63, 3.8) is 0 Å². The topological polar surface area (TPSA) is 48.4 Å². The molecular weight excluding hydrogens is 329 g/mol. The molecule has 0 aliphatic rings. The Bertz CT molecular complexity index is 848.